The van der Waals surface area contributed by atoms with Crippen LogP contribution < -0.4 is 10.6 Å². The van der Waals surface area contributed by atoms with Gasteiger partial charge in [0.2, 0.25) is 0 Å². The van der Waals surface area contributed by atoms with E-state index in [0.717, 1.165) is 6.54 Å². The average molecular weight is 216 g/mol. The summed E-state index contributed by atoms with van der Waals surface area (Å²) in [5.74, 6) is 0. The van der Waals surface area contributed by atoms with E-state index in [1.165, 1.54) is 32.2 Å². The van der Waals surface area contributed by atoms with Crippen molar-refractivity contribution in [1.29, 1.82) is 0 Å². The number of hydrogen-bond donors (Lipinski definition) is 2. The van der Waals surface area contributed by atoms with Gasteiger partial charge in [0.25, 0.3) is 0 Å². The van der Waals surface area contributed by atoms with Gasteiger partial charge in [-0.2, -0.15) is 0 Å². The summed E-state index contributed by atoms with van der Waals surface area (Å²) < 4.78 is 0. The molecule has 1 aliphatic carbocycles. The molecular weight excluding hydrogens is 196 g/mol. The Morgan fingerprint density at radius 1 is 1.19 bits per heavy atom. The van der Waals surface area contributed by atoms with Gasteiger partial charge < -0.3 is 10.6 Å². The van der Waals surface area contributed by atoms with Gasteiger partial charge in [0.05, 0.1) is 0 Å². The van der Waals surface area contributed by atoms with E-state index in [1.807, 2.05) is 0 Å². The third-order valence-corrected chi connectivity index (χ3v) is 3.87. The normalized spacial score (nSPS) is 24.9. The molecule has 0 bridgehead atoms. The first-order valence-corrected chi connectivity index (χ1v) is 6.45. The lowest BCUT2D eigenvalue weighted by Crippen LogP contribution is -2.39. The Morgan fingerprint density at radius 3 is 2.56 bits per heavy atom. The highest BCUT2D eigenvalue weighted by molar-refractivity contribution is 5.33. The lowest BCUT2D eigenvalue weighted by atomic mass is 10.1. The van der Waals surface area contributed by atoms with Crippen LogP contribution in [0.15, 0.2) is 24.3 Å². The topological polar surface area (TPSA) is 24.1 Å². The van der Waals surface area contributed by atoms with Crippen LogP contribution in [0.25, 0.3) is 0 Å². The highest BCUT2D eigenvalue weighted by atomic mass is 15.0. The van der Waals surface area contributed by atoms with Crippen molar-refractivity contribution in [2.24, 2.45) is 0 Å². The van der Waals surface area contributed by atoms with Crippen molar-refractivity contribution >= 4 is 0 Å². The number of benzene rings is 1. The Labute approximate surface area is 97.4 Å². The van der Waals surface area contributed by atoms with Gasteiger partial charge in [-0.1, -0.05) is 24.3 Å². The Balaban J connectivity index is 1.52. The zero-order valence-corrected chi connectivity index (χ0v) is 9.71. The molecule has 16 heavy (non-hydrogen) atoms. The van der Waals surface area contributed by atoms with Crippen LogP contribution in [-0.2, 0) is 12.8 Å². The second-order valence-electron chi connectivity index (χ2n) is 5.08. The second kappa shape index (κ2) is 4.56. The maximum Gasteiger partial charge on any atom is 0.0193 e. The molecule has 1 fully saturated rings. The van der Waals surface area contributed by atoms with E-state index >= 15 is 0 Å². The third-order valence-electron chi connectivity index (χ3n) is 3.87. The molecule has 1 aromatic carbocycles. The Hall–Kier alpha value is -0.860. The fourth-order valence-electron chi connectivity index (χ4n) is 2.94. The van der Waals surface area contributed by atoms with Crippen LogP contribution in [0.3, 0.4) is 0 Å². The molecule has 1 aliphatic heterocycles. The van der Waals surface area contributed by atoms with Crippen molar-refractivity contribution in [3.8, 4) is 0 Å². The molecule has 1 heterocycles. The second-order valence-corrected chi connectivity index (χ2v) is 5.08. The van der Waals surface area contributed by atoms with Crippen LogP contribution >= 0.6 is 0 Å². The largest absolute Gasteiger partial charge is 0.313 e. The number of hydrogen-bond acceptors (Lipinski definition) is 2. The van der Waals surface area contributed by atoms with Gasteiger partial charge in [-0.05, 0) is 43.4 Å². The van der Waals surface area contributed by atoms with Gasteiger partial charge in [-0.25, -0.2) is 0 Å². The summed E-state index contributed by atoms with van der Waals surface area (Å²) in [4.78, 5) is 0. The molecule has 0 amide bonds. The van der Waals surface area contributed by atoms with E-state index in [0.29, 0.717) is 12.1 Å². The Morgan fingerprint density at radius 2 is 1.94 bits per heavy atom. The van der Waals surface area contributed by atoms with Gasteiger partial charge >= 0.3 is 0 Å². The van der Waals surface area contributed by atoms with Crippen molar-refractivity contribution in [2.75, 3.05) is 13.1 Å². The summed E-state index contributed by atoms with van der Waals surface area (Å²) in [6.45, 7) is 2.34. The first kappa shape index (κ1) is 10.3. The average Bonchev–Trinajstić information content (AvgIpc) is 2.95. The molecule has 0 spiro atoms. The maximum atomic E-state index is 3.71. The van der Waals surface area contributed by atoms with Crippen LogP contribution in [0.1, 0.15) is 24.0 Å². The van der Waals surface area contributed by atoms with Crippen molar-refractivity contribution in [2.45, 2.75) is 37.8 Å². The van der Waals surface area contributed by atoms with Crippen LogP contribution in [0.5, 0.6) is 0 Å². The van der Waals surface area contributed by atoms with Crippen LogP contribution in [0.4, 0.5) is 0 Å². The highest BCUT2D eigenvalue weighted by Gasteiger charge is 2.22. The van der Waals surface area contributed by atoms with Crippen molar-refractivity contribution in [1.82, 2.24) is 10.6 Å². The highest BCUT2D eigenvalue weighted by Crippen LogP contribution is 2.21. The molecule has 1 aromatic rings. The molecule has 1 saturated heterocycles. The summed E-state index contributed by atoms with van der Waals surface area (Å²) in [5, 5.41) is 7.25. The number of nitrogens with one attached hydrogen (secondary N) is 2. The fourth-order valence-corrected chi connectivity index (χ4v) is 2.94. The molecule has 1 unspecified atom stereocenters. The first-order valence-electron chi connectivity index (χ1n) is 6.45. The molecule has 2 heteroatoms. The van der Waals surface area contributed by atoms with Crippen molar-refractivity contribution < 1.29 is 0 Å². The first-order chi connectivity index (χ1) is 7.92. The van der Waals surface area contributed by atoms with E-state index in [4.69, 9.17) is 0 Å². The summed E-state index contributed by atoms with van der Waals surface area (Å²) in [6, 6.07) is 10.2. The molecule has 0 saturated carbocycles. The molecule has 2 nitrogen and oxygen atoms in total. The summed E-state index contributed by atoms with van der Waals surface area (Å²) in [6.07, 6.45) is 5.11. The predicted molar refractivity (Wildman–Crippen MR) is 66.7 cm³/mol. The monoisotopic (exact) mass is 216 g/mol. The third kappa shape index (κ3) is 2.13. The standard InChI is InChI=1S/C14H20N2/c1-2-5-12-9-14(8-11(12)4-1)16-10-13-6-3-7-15-13/h1-2,4-5,13-16H,3,6-10H2. The molecule has 0 aromatic heterocycles. The molecule has 2 aliphatic rings. The fraction of sp³-hybridized carbons (Fsp3) is 0.571. The lowest BCUT2D eigenvalue weighted by Gasteiger charge is -2.16. The van der Waals surface area contributed by atoms with Gasteiger partial charge in [0, 0.05) is 18.6 Å². The van der Waals surface area contributed by atoms with Crippen LogP contribution in [0, 0.1) is 0 Å². The van der Waals surface area contributed by atoms with E-state index in [1.54, 1.807) is 11.1 Å². The van der Waals surface area contributed by atoms with E-state index in [9.17, 15) is 0 Å². The molecule has 0 radical (unpaired) electrons. The zero-order valence-electron chi connectivity index (χ0n) is 9.71. The molecular formula is C14H20N2. The molecule has 3 rings (SSSR count). The van der Waals surface area contributed by atoms with Crippen molar-refractivity contribution in [3.63, 3.8) is 0 Å². The van der Waals surface area contributed by atoms with E-state index in [2.05, 4.69) is 34.9 Å². The number of fused-ring (bicyclic) bond motifs is 1. The molecule has 2 N–H and O–H groups in total. The summed E-state index contributed by atoms with van der Waals surface area (Å²) in [7, 11) is 0. The van der Waals surface area contributed by atoms with Gasteiger partial charge in [0.1, 0.15) is 0 Å². The van der Waals surface area contributed by atoms with Crippen LogP contribution in [0.2, 0.25) is 0 Å². The minimum atomic E-state index is 0.666. The maximum absolute atomic E-state index is 3.71. The Kier molecular flexibility index (Phi) is 2.94. The van der Waals surface area contributed by atoms with Gasteiger partial charge in [-0.15, -0.1) is 0 Å². The van der Waals surface area contributed by atoms with Crippen molar-refractivity contribution in [3.05, 3.63) is 35.4 Å². The Bertz CT molecular complexity index is 331. The number of rotatable bonds is 3. The minimum absolute atomic E-state index is 0.666. The lowest BCUT2D eigenvalue weighted by molar-refractivity contribution is 0.470. The van der Waals surface area contributed by atoms with Crippen LogP contribution in [-0.4, -0.2) is 25.2 Å². The summed E-state index contributed by atoms with van der Waals surface area (Å²) >= 11 is 0. The van der Waals surface area contributed by atoms with Gasteiger partial charge in [0.15, 0.2) is 0 Å². The molecule has 86 valence electrons. The molecule has 1 atom stereocenters. The quantitative estimate of drug-likeness (QED) is 0.800. The smallest absolute Gasteiger partial charge is 0.0193 e. The zero-order chi connectivity index (χ0) is 10.8. The predicted octanol–water partition coefficient (Wildman–Crippen LogP) is 1.50. The van der Waals surface area contributed by atoms with E-state index in [-0.39, 0.29) is 0 Å². The van der Waals surface area contributed by atoms with Gasteiger partial charge in [-0.3, -0.25) is 0 Å². The summed E-state index contributed by atoms with van der Waals surface area (Å²) in [5.41, 5.74) is 3.08. The SMILES string of the molecule is c1ccc2c(c1)CC(NCC1CCCN1)C2. The van der Waals surface area contributed by atoms with E-state index < -0.39 is 0 Å². The minimum Gasteiger partial charge on any atom is -0.313 e.